The van der Waals surface area contributed by atoms with Gasteiger partial charge in [-0.15, -0.1) is 0 Å². The molecule has 1 aliphatic heterocycles. The number of aryl methyl sites for hydroxylation is 1. The molecule has 0 unspecified atom stereocenters. The molecule has 0 amide bonds. The van der Waals surface area contributed by atoms with Gasteiger partial charge in [0, 0.05) is 19.0 Å². The van der Waals surface area contributed by atoms with Gasteiger partial charge in [-0.25, -0.2) is 12.8 Å². The molecule has 0 radical (unpaired) electrons. The molecule has 2 aromatic rings. The molecule has 8 heteroatoms. The average Bonchev–Trinajstić information content (AvgIpc) is 3.04. The van der Waals surface area contributed by atoms with Crippen LogP contribution in [-0.2, 0) is 16.4 Å². The first kappa shape index (κ1) is 15.6. The van der Waals surface area contributed by atoms with Gasteiger partial charge >= 0.3 is 5.76 Å². The average molecular weight is 318 g/mol. The SMILES string of the molecule is O=S(=O)(c1cc2n(n1)CC[C@H]2F)C(F)F.c1ccccc1. The minimum atomic E-state index is -4.71. The van der Waals surface area contributed by atoms with Gasteiger partial charge in [0.15, 0.2) is 5.03 Å². The molecule has 0 N–H and O–H groups in total. The number of alkyl halides is 3. The van der Waals surface area contributed by atoms with Crippen molar-refractivity contribution in [3.8, 4) is 0 Å². The highest BCUT2D eigenvalue weighted by molar-refractivity contribution is 7.91. The summed E-state index contributed by atoms with van der Waals surface area (Å²) in [6.45, 7) is 0.218. The summed E-state index contributed by atoms with van der Waals surface area (Å²) < 4.78 is 60.4. The molecule has 0 aliphatic carbocycles. The number of halogens is 3. The van der Waals surface area contributed by atoms with E-state index in [2.05, 4.69) is 5.10 Å². The van der Waals surface area contributed by atoms with Crippen LogP contribution in [0.1, 0.15) is 18.3 Å². The van der Waals surface area contributed by atoms with Crippen LogP contribution in [0.5, 0.6) is 0 Å². The van der Waals surface area contributed by atoms with E-state index in [1.165, 1.54) is 0 Å². The van der Waals surface area contributed by atoms with E-state index < -0.39 is 26.8 Å². The molecular weight excluding hydrogens is 305 g/mol. The van der Waals surface area contributed by atoms with Gasteiger partial charge < -0.3 is 0 Å². The van der Waals surface area contributed by atoms with E-state index in [9.17, 15) is 21.6 Å². The van der Waals surface area contributed by atoms with Gasteiger partial charge in [0.1, 0.15) is 6.17 Å². The van der Waals surface area contributed by atoms with E-state index in [-0.39, 0.29) is 18.7 Å². The molecular formula is C13H13F3N2O2S. The molecule has 2 heterocycles. The smallest absolute Gasteiger partial charge is 0.265 e. The van der Waals surface area contributed by atoms with Crippen molar-refractivity contribution < 1.29 is 21.6 Å². The number of rotatable bonds is 2. The molecule has 3 rings (SSSR count). The highest BCUT2D eigenvalue weighted by Crippen LogP contribution is 2.31. The number of hydrogen-bond acceptors (Lipinski definition) is 3. The van der Waals surface area contributed by atoms with Crippen molar-refractivity contribution in [2.24, 2.45) is 0 Å². The molecule has 1 aliphatic rings. The van der Waals surface area contributed by atoms with E-state index in [0.717, 1.165) is 10.7 Å². The molecule has 0 saturated carbocycles. The third-order valence-corrected chi connectivity index (χ3v) is 4.15. The number of benzene rings is 1. The second-order valence-electron chi connectivity index (χ2n) is 4.35. The zero-order chi connectivity index (χ0) is 15.5. The third-order valence-electron chi connectivity index (χ3n) is 2.90. The van der Waals surface area contributed by atoms with Gasteiger partial charge in [0.05, 0.1) is 5.69 Å². The van der Waals surface area contributed by atoms with Crippen molar-refractivity contribution in [3.05, 3.63) is 48.2 Å². The summed E-state index contributed by atoms with van der Waals surface area (Å²) in [5, 5.41) is 2.69. The Morgan fingerprint density at radius 1 is 1.14 bits per heavy atom. The topological polar surface area (TPSA) is 52.0 Å². The van der Waals surface area contributed by atoms with Crippen LogP contribution in [0.4, 0.5) is 13.2 Å². The summed E-state index contributed by atoms with van der Waals surface area (Å²) in [6, 6.07) is 12.9. The summed E-state index contributed by atoms with van der Waals surface area (Å²) >= 11 is 0. The van der Waals surface area contributed by atoms with Crippen LogP contribution in [0.25, 0.3) is 0 Å². The van der Waals surface area contributed by atoms with Crippen LogP contribution in [0, 0.1) is 0 Å². The molecule has 1 aromatic heterocycles. The van der Waals surface area contributed by atoms with E-state index in [1.807, 2.05) is 36.4 Å². The Hall–Kier alpha value is -1.83. The molecule has 1 aromatic carbocycles. The lowest BCUT2D eigenvalue weighted by Gasteiger charge is -1.98. The molecule has 0 bridgehead atoms. The van der Waals surface area contributed by atoms with Crippen molar-refractivity contribution in [2.75, 3.05) is 0 Å². The predicted octanol–water partition coefficient (Wildman–Crippen LogP) is 2.98. The van der Waals surface area contributed by atoms with Gasteiger partial charge in [-0.05, 0) is 0 Å². The Morgan fingerprint density at radius 2 is 1.67 bits per heavy atom. The summed E-state index contributed by atoms with van der Waals surface area (Å²) in [6.07, 6.45) is -1.11. The second kappa shape index (κ2) is 6.30. The number of aromatic nitrogens is 2. The Bertz CT molecular complexity index is 660. The fourth-order valence-corrected chi connectivity index (χ4v) is 2.52. The fraction of sp³-hybridized carbons (Fsp3) is 0.308. The van der Waals surface area contributed by atoms with E-state index >= 15 is 0 Å². The molecule has 1 atom stereocenters. The predicted molar refractivity (Wildman–Crippen MR) is 70.3 cm³/mol. The van der Waals surface area contributed by atoms with Crippen LogP contribution in [0.3, 0.4) is 0 Å². The summed E-state index contributed by atoms with van der Waals surface area (Å²) in [5.74, 6) is -3.52. The van der Waals surface area contributed by atoms with Crippen LogP contribution < -0.4 is 0 Å². The number of nitrogens with zero attached hydrogens (tertiary/aromatic N) is 2. The third kappa shape index (κ3) is 3.44. The Morgan fingerprint density at radius 3 is 2.10 bits per heavy atom. The summed E-state index contributed by atoms with van der Waals surface area (Å²) in [5.41, 5.74) is 0.0502. The van der Waals surface area contributed by atoms with Crippen molar-refractivity contribution in [2.45, 2.75) is 29.9 Å². The number of fused-ring (bicyclic) bond motifs is 1. The Balaban J connectivity index is 0.000000225. The first-order valence-corrected chi connectivity index (χ1v) is 7.71. The highest BCUT2D eigenvalue weighted by atomic mass is 32.2. The van der Waals surface area contributed by atoms with E-state index in [0.29, 0.717) is 0 Å². The van der Waals surface area contributed by atoms with Crippen molar-refractivity contribution >= 4 is 9.84 Å². The maximum atomic E-state index is 13.1. The summed E-state index contributed by atoms with van der Waals surface area (Å²) in [7, 11) is -4.71. The van der Waals surface area contributed by atoms with Crippen LogP contribution in [0.15, 0.2) is 47.5 Å². The normalized spacial score (nSPS) is 17.2. The molecule has 21 heavy (non-hydrogen) atoms. The first-order valence-electron chi connectivity index (χ1n) is 6.17. The Kier molecular flexibility index (Phi) is 4.66. The molecule has 0 fully saturated rings. The first-order chi connectivity index (χ1) is 9.93. The van der Waals surface area contributed by atoms with Gasteiger partial charge in [-0.2, -0.15) is 13.9 Å². The quantitative estimate of drug-likeness (QED) is 0.855. The van der Waals surface area contributed by atoms with Gasteiger partial charge in [0.25, 0.3) is 9.84 Å². The van der Waals surface area contributed by atoms with Crippen molar-refractivity contribution in [1.82, 2.24) is 9.78 Å². The molecule has 4 nitrogen and oxygen atoms in total. The molecule has 114 valence electrons. The van der Waals surface area contributed by atoms with Crippen LogP contribution in [0.2, 0.25) is 0 Å². The van der Waals surface area contributed by atoms with Gasteiger partial charge in [-0.3, -0.25) is 4.68 Å². The van der Waals surface area contributed by atoms with Crippen molar-refractivity contribution in [1.29, 1.82) is 0 Å². The molecule has 0 spiro atoms. The minimum Gasteiger partial charge on any atom is -0.265 e. The standard InChI is InChI=1S/C7H7F3N2O2S.C6H6/c8-4-1-2-12-5(4)3-6(11-12)15(13,14)7(9)10;1-2-4-6-5-3-1/h3-4,7H,1-2H2;1-6H/t4-;/m1./s1. The maximum absolute atomic E-state index is 13.1. The fourth-order valence-electron chi connectivity index (χ4n) is 1.84. The largest absolute Gasteiger partial charge is 0.342 e. The zero-order valence-corrected chi connectivity index (χ0v) is 11.7. The summed E-state index contributed by atoms with van der Waals surface area (Å²) in [4.78, 5) is 0. The number of sulfone groups is 1. The maximum Gasteiger partial charge on any atom is 0.342 e. The Labute approximate surface area is 120 Å². The van der Waals surface area contributed by atoms with Crippen LogP contribution in [-0.4, -0.2) is 24.0 Å². The lowest BCUT2D eigenvalue weighted by atomic mass is 10.3. The zero-order valence-electron chi connectivity index (χ0n) is 10.9. The minimum absolute atomic E-state index is 0.0502. The highest BCUT2D eigenvalue weighted by Gasteiger charge is 2.33. The van der Waals surface area contributed by atoms with Crippen LogP contribution >= 0.6 is 0 Å². The van der Waals surface area contributed by atoms with E-state index in [1.54, 1.807) is 0 Å². The second-order valence-corrected chi connectivity index (χ2v) is 6.21. The molecule has 0 saturated heterocycles. The lowest BCUT2D eigenvalue weighted by Crippen LogP contribution is -2.12. The van der Waals surface area contributed by atoms with E-state index in [4.69, 9.17) is 0 Å². The van der Waals surface area contributed by atoms with Gasteiger partial charge in [-0.1, -0.05) is 36.4 Å². The van der Waals surface area contributed by atoms with Crippen molar-refractivity contribution in [3.63, 3.8) is 0 Å². The number of hydrogen-bond donors (Lipinski definition) is 0. The lowest BCUT2D eigenvalue weighted by molar-refractivity contribution is 0.234. The monoisotopic (exact) mass is 318 g/mol. The van der Waals surface area contributed by atoms with Gasteiger partial charge in [0.2, 0.25) is 0 Å².